The molecule has 5 heteroatoms. The Bertz CT molecular complexity index is 861. The van der Waals surface area contributed by atoms with E-state index in [4.69, 9.17) is 4.74 Å². The maximum absolute atomic E-state index is 12.7. The number of hydrogen-bond acceptors (Lipinski definition) is 5. The van der Waals surface area contributed by atoms with Gasteiger partial charge < -0.3 is 9.84 Å². The Hall–Kier alpha value is -2.66. The van der Waals surface area contributed by atoms with Crippen LogP contribution in [-0.2, 0) is 6.54 Å². The van der Waals surface area contributed by atoms with Crippen LogP contribution in [0.15, 0.2) is 42.4 Å². The maximum atomic E-state index is 12.7. The van der Waals surface area contributed by atoms with Crippen molar-refractivity contribution < 1.29 is 14.6 Å². The fourth-order valence-corrected chi connectivity index (χ4v) is 3.72. The van der Waals surface area contributed by atoms with Crippen LogP contribution in [0.1, 0.15) is 41.3 Å². The molecule has 0 unspecified atom stereocenters. The first kappa shape index (κ1) is 16.8. The Balaban J connectivity index is 1.64. The molecule has 5 nitrogen and oxygen atoms in total. The molecule has 2 aliphatic heterocycles. The van der Waals surface area contributed by atoms with E-state index in [1.54, 1.807) is 30.6 Å². The summed E-state index contributed by atoms with van der Waals surface area (Å²) >= 11 is 0. The Morgan fingerprint density at radius 3 is 3.04 bits per heavy atom. The van der Waals surface area contributed by atoms with E-state index in [-0.39, 0.29) is 17.3 Å². The molecular weight excluding hydrogens is 328 g/mol. The van der Waals surface area contributed by atoms with E-state index in [9.17, 15) is 9.90 Å². The molecule has 0 spiro atoms. The highest BCUT2D eigenvalue weighted by Gasteiger charge is 2.32. The van der Waals surface area contributed by atoms with Gasteiger partial charge in [0.15, 0.2) is 5.76 Å². The second kappa shape index (κ2) is 6.92. The number of likely N-dealkylation sites (tertiary alicyclic amines) is 1. The molecule has 1 saturated heterocycles. The van der Waals surface area contributed by atoms with Crippen molar-refractivity contribution in [1.82, 2.24) is 9.88 Å². The van der Waals surface area contributed by atoms with Gasteiger partial charge in [-0.1, -0.05) is 13.0 Å². The monoisotopic (exact) mass is 350 g/mol. The van der Waals surface area contributed by atoms with Crippen LogP contribution in [-0.4, -0.2) is 33.9 Å². The summed E-state index contributed by atoms with van der Waals surface area (Å²) in [5.41, 5.74) is 2.01. The van der Waals surface area contributed by atoms with E-state index in [0.717, 1.165) is 25.1 Å². The summed E-state index contributed by atoms with van der Waals surface area (Å²) in [5, 5.41) is 10.4. The molecule has 0 aliphatic carbocycles. The topological polar surface area (TPSA) is 62.7 Å². The number of benzene rings is 1. The maximum Gasteiger partial charge on any atom is 0.231 e. The lowest BCUT2D eigenvalue weighted by Crippen LogP contribution is -2.33. The highest BCUT2D eigenvalue weighted by Crippen LogP contribution is 2.40. The first-order chi connectivity index (χ1) is 12.6. The normalized spacial score (nSPS) is 21.7. The Morgan fingerprint density at radius 1 is 1.38 bits per heavy atom. The van der Waals surface area contributed by atoms with Crippen molar-refractivity contribution in [1.29, 1.82) is 0 Å². The molecule has 1 atom stereocenters. The number of fused-ring (bicyclic) bond motifs is 1. The third kappa shape index (κ3) is 3.22. The number of carbonyl (C=O) groups is 1. The summed E-state index contributed by atoms with van der Waals surface area (Å²) in [4.78, 5) is 19.1. The number of piperidine rings is 1. The second-order valence-electron chi connectivity index (χ2n) is 7.15. The molecule has 0 saturated carbocycles. The van der Waals surface area contributed by atoms with Crippen molar-refractivity contribution in [3.8, 4) is 11.5 Å². The van der Waals surface area contributed by atoms with Gasteiger partial charge in [-0.05, 0) is 55.1 Å². The molecule has 1 aromatic carbocycles. The predicted molar refractivity (Wildman–Crippen MR) is 99.0 cm³/mol. The van der Waals surface area contributed by atoms with Crippen LogP contribution < -0.4 is 4.74 Å². The Morgan fingerprint density at radius 2 is 2.27 bits per heavy atom. The van der Waals surface area contributed by atoms with Gasteiger partial charge in [-0.25, -0.2) is 0 Å². The lowest BCUT2D eigenvalue weighted by molar-refractivity contribution is 0.101. The molecule has 0 bridgehead atoms. The van der Waals surface area contributed by atoms with E-state index >= 15 is 0 Å². The lowest BCUT2D eigenvalue weighted by Gasteiger charge is -2.31. The number of hydrogen-bond donors (Lipinski definition) is 1. The predicted octanol–water partition coefficient (Wildman–Crippen LogP) is 3.64. The van der Waals surface area contributed by atoms with Crippen LogP contribution in [0, 0.1) is 5.92 Å². The minimum atomic E-state index is -0.155. The molecule has 26 heavy (non-hydrogen) atoms. The largest absolute Gasteiger partial charge is 0.507 e. The number of rotatable bonds is 3. The average molecular weight is 350 g/mol. The van der Waals surface area contributed by atoms with Gasteiger partial charge in [0.05, 0.1) is 11.1 Å². The van der Waals surface area contributed by atoms with E-state index < -0.39 is 0 Å². The summed E-state index contributed by atoms with van der Waals surface area (Å²) in [6, 6.07) is 6.91. The molecule has 0 radical (unpaired) electrons. The third-order valence-corrected chi connectivity index (χ3v) is 5.02. The van der Waals surface area contributed by atoms with Gasteiger partial charge >= 0.3 is 0 Å². The smallest absolute Gasteiger partial charge is 0.231 e. The van der Waals surface area contributed by atoms with Crippen molar-refractivity contribution in [2.24, 2.45) is 5.92 Å². The highest BCUT2D eigenvalue weighted by molar-refractivity contribution is 6.14. The molecule has 134 valence electrons. The fourth-order valence-electron chi connectivity index (χ4n) is 3.72. The average Bonchev–Trinajstić information content (AvgIpc) is 2.95. The van der Waals surface area contributed by atoms with Crippen LogP contribution in [0.4, 0.5) is 0 Å². The summed E-state index contributed by atoms with van der Waals surface area (Å²) in [6.07, 6.45) is 7.45. The van der Waals surface area contributed by atoms with Crippen LogP contribution in [0.5, 0.6) is 11.5 Å². The number of pyridine rings is 1. The van der Waals surface area contributed by atoms with Gasteiger partial charge in [-0.2, -0.15) is 0 Å². The zero-order valence-electron chi connectivity index (χ0n) is 14.8. The van der Waals surface area contributed by atoms with Crippen molar-refractivity contribution in [3.05, 3.63) is 59.1 Å². The molecular formula is C21H22N2O3. The number of phenols is 1. The van der Waals surface area contributed by atoms with E-state index in [2.05, 4.69) is 16.8 Å². The number of carbonyl (C=O) groups excluding carboxylic acids is 1. The molecule has 1 N–H and O–H groups in total. The van der Waals surface area contributed by atoms with Gasteiger partial charge in [0.1, 0.15) is 11.5 Å². The number of aromatic nitrogens is 1. The number of ether oxygens (including phenoxy) is 1. The van der Waals surface area contributed by atoms with Gasteiger partial charge in [0.25, 0.3) is 0 Å². The first-order valence-corrected chi connectivity index (χ1v) is 9.03. The molecule has 0 amide bonds. The van der Waals surface area contributed by atoms with Crippen LogP contribution in [0.25, 0.3) is 6.08 Å². The number of allylic oxidation sites excluding steroid dienone is 1. The number of aromatic hydroxyl groups is 1. The quantitative estimate of drug-likeness (QED) is 0.857. The molecule has 2 aromatic rings. The third-order valence-electron chi connectivity index (χ3n) is 5.02. The minimum absolute atomic E-state index is 0.155. The van der Waals surface area contributed by atoms with Crippen LogP contribution in [0.2, 0.25) is 0 Å². The van der Waals surface area contributed by atoms with Gasteiger partial charge in [-0.3, -0.25) is 14.7 Å². The SMILES string of the molecule is C[C@H]1CCCN(Cc2c(O)ccc3c2O/C(=C\c2cccnc2)C3=O)C1. The van der Waals surface area contributed by atoms with Gasteiger partial charge in [0, 0.05) is 25.5 Å². The number of nitrogens with zero attached hydrogens (tertiary/aromatic N) is 2. The summed E-state index contributed by atoms with van der Waals surface area (Å²) in [6.45, 7) is 4.83. The molecule has 1 fully saturated rings. The summed E-state index contributed by atoms with van der Waals surface area (Å²) < 4.78 is 5.90. The summed E-state index contributed by atoms with van der Waals surface area (Å²) in [7, 11) is 0. The molecule has 3 heterocycles. The van der Waals surface area contributed by atoms with E-state index in [0.29, 0.717) is 29.3 Å². The van der Waals surface area contributed by atoms with E-state index in [1.165, 1.54) is 6.42 Å². The van der Waals surface area contributed by atoms with Gasteiger partial charge in [0.2, 0.25) is 5.78 Å². The van der Waals surface area contributed by atoms with Crippen molar-refractivity contribution in [2.45, 2.75) is 26.3 Å². The zero-order chi connectivity index (χ0) is 18.1. The lowest BCUT2D eigenvalue weighted by atomic mass is 9.99. The standard InChI is InChI=1S/C21H22N2O3/c1-14-4-3-9-23(12-14)13-17-18(24)7-6-16-20(25)19(26-21(16)17)10-15-5-2-8-22-11-15/h2,5-8,10-11,14,24H,3-4,9,12-13H2,1H3/b19-10-/t14-/m0/s1. The molecule has 4 rings (SSSR count). The number of ketones is 1. The zero-order valence-corrected chi connectivity index (χ0v) is 14.8. The second-order valence-corrected chi connectivity index (χ2v) is 7.15. The Labute approximate surface area is 152 Å². The van der Waals surface area contributed by atoms with Gasteiger partial charge in [-0.15, -0.1) is 0 Å². The van der Waals surface area contributed by atoms with E-state index in [1.807, 2.05) is 12.1 Å². The van der Waals surface area contributed by atoms with Crippen molar-refractivity contribution in [3.63, 3.8) is 0 Å². The number of Topliss-reactive ketones (excluding diaryl/α,β-unsaturated/α-hetero) is 1. The molecule has 1 aromatic heterocycles. The van der Waals surface area contributed by atoms with Crippen LogP contribution >= 0.6 is 0 Å². The summed E-state index contributed by atoms with van der Waals surface area (Å²) in [5.74, 6) is 1.43. The first-order valence-electron chi connectivity index (χ1n) is 9.03. The van der Waals surface area contributed by atoms with Crippen molar-refractivity contribution in [2.75, 3.05) is 13.1 Å². The van der Waals surface area contributed by atoms with Crippen molar-refractivity contribution >= 4 is 11.9 Å². The molecule has 2 aliphatic rings. The highest BCUT2D eigenvalue weighted by atomic mass is 16.5. The Kier molecular flexibility index (Phi) is 4.47. The van der Waals surface area contributed by atoms with Crippen LogP contribution in [0.3, 0.4) is 0 Å². The fraction of sp³-hybridized carbons (Fsp3) is 0.333. The number of phenolic OH excluding ortho intramolecular Hbond substituents is 1. The minimum Gasteiger partial charge on any atom is -0.507 e.